The summed E-state index contributed by atoms with van der Waals surface area (Å²) in [5.74, 6) is -0.160. The first-order valence-corrected chi connectivity index (χ1v) is 9.26. The van der Waals surface area contributed by atoms with Crippen molar-refractivity contribution in [1.82, 2.24) is 9.62 Å². The fraction of sp³-hybridized carbons (Fsp3) is 0.353. The summed E-state index contributed by atoms with van der Waals surface area (Å²) < 4.78 is 27.5. The fourth-order valence-electron chi connectivity index (χ4n) is 2.90. The number of hydrogen-bond donors (Lipinski definition) is 1. The van der Waals surface area contributed by atoms with Crippen LogP contribution in [-0.4, -0.2) is 38.4 Å². The van der Waals surface area contributed by atoms with Gasteiger partial charge in [0.15, 0.2) is 0 Å². The average Bonchev–Trinajstić information content (AvgIpc) is 3.07. The van der Waals surface area contributed by atoms with E-state index in [1.54, 1.807) is 30.0 Å². The molecule has 23 heavy (non-hydrogen) atoms. The predicted octanol–water partition coefficient (Wildman–Crippen LogP) is 2.13. The predicted molar refractivity (Wildman–Crippen MR) is 89.5 cm³/mol. The van der Waals surface area contributed by atoms with Gasteiger partial charge in [0.1, 0.15) is 0 Å². The maximum absolute atomic E-state index is 12.5. The number of nitrogens with zero attached hydrogens (tertiary/aromatic N) is 1. The summed E-state index contributed by atoms with van der Waals surface area (Å²) in [7, 11) is -3.72. The molecule has 0 aliphatic carbocycles. The van der Waals surface area contributed by atoms with E-state index in [2.05, 4.69) is 4.72 Å². The minimum absolute atomic E-state index is 0.160. The van der Waals surface area contributed by atoms with E-state index in [-0.39, 0.29) is 10.8 Å². The van der Waals surface area contributed by atoms with Gasteiger partial charge in [0.05, 0.1) is 10.9 Å². The van der Waals surface area contributed by atoms with Crippen LogP contribution in [0.1, 0.15) is 19.8 Å². The van der Waals surface area contributed by atoms with Crippen molar-refractivity contribution in [1.29, 1.82) is 0 Å². The van der Waals surface area contributed by atoms with Crippen molar-refractivity contribution in [3.63, 3.8) is 0 Å². The molecule has 1 aliphatic heterocycles. The van der Waals surface area contributed by atoms with Gasteiger partial charge in [-0.25, -0.2) is 8.42 Å². The smallest absolute Gasteiger partial charge is 0.241 e. The number of carbonyl (C=O) groups excluding carboxylic acids is 1. The van der Waals surface area contributed by atoms with Gasteiger partial charge in [0, 0.05) is 13.1 Å². The zero-order valence-electron chi connectivity index (χ0n) is 13.0. The Kier molecular flexibility index (Phi) is 4.37. The van der Waals surface area contributed by atoms with Crippen LogP contribution < -0.4 is 4.72 Å². The quantitative estimate of drug-likeness (QED) is 0.933. The SMILES string of the molecule is C[C@@H](NS(=O)(=O)c1ccc2ccccc2c1)C(=O)N1CCCC1. The lowest BCUT2D eigenvalue weighted by molar-refractivity contribution is -0.131. The summed E-state index contributed by atoms with van der Waals surface area (Å²) in [6.45, 7) is 3.01. The third-order valence-electron chi connectivity index (χ3n) is 4.15. The Labute approximate surface area is 136 Å². The molecule has 3 rings (SSSR count). The molecule has 1 atom stereocenters. The molecular weight excluding hydrogens is 312 g/mol. The Morgan fingerprint density at radius 2 is 1.74 bits per heavy atom. The molecule has 0 saturated carbocycles. The van der Waals surface area contributed by atoms with Crippen LogP contribution in [0.25, 0.3) is 10.8 Å². The maximum atomic E-state index is 12.5. The summed E-state index contributed by atoms with van der Waals surface area (Å²) in [5, 5.41) is 1.83. The molecule has 0 radical (unpaired) electrons. The number of fused-ring (bicyclic) bond motifs is 1. The number of rotatable bonds is 4. The Hall–Kier alpha value is -1.92. The van der Waals surface area contributed by atoms with Gasteiger partial charge < -0.3 is 4.90 Å². The molecule has 1 fully saturated rings. The summed E-state index contributed by atoms with van der Waals surface area (Å²) in [4.78, 5) is 14.2. The van der Waals surface area contributed by atoms with Crippen LogP contribution in [0.4, 0.5) is 0 Å². The van der Waals surface area contributed by atoms with E-state index in [1.807, 2.05) is 24.3 Å². The standard InChI is InChI=1S/C17H20N2O3S/c1-13(17(20)19-10-4-5-11-19)18-23(21,22)16-9-8-14-6-2-3-7-15(14)12-16/h2-3,6-9,12-13,18H,4-5,10-11H2,1H3/t13-/m1/s1. The molecule has 122 valence electrons. The van der Waals surface area contributed by atoms with Gasteiger partial charge in [-0.05, 0) is 42.7 Å². The van der Waals surface area contributed by atoms with Crippen LogP contribution in [0.15, 0.2) is 47.4 Å². The third-order valence-corrected chi connectivity index (χ3v) is 5.69. The molecule has 0 aromatic heterocycles. The van der Waals surface area contributed by atoms with Gasteiger partial charge in [-0.2, -0.15) is 4.72 Å². The minimum atomic E-state index is -3.72. The molecule has 1 saturated heterocycles. The lowest BCUT2D eigenvalue weighted by Crippen LogP contribution is -2.45. The van der Waals surface area contributed by atoms with Crippen LogP contribution in [0.2, 0.25) is 0 Å². The molecule has 1 aliphatic rings. The molecule has 0 bridgehead atoms. The number of hydrogen-bond acceptors (Lipinski definition) is 3. The van der Waals surface area contributed by atoms with Gasteiger partial charge in [0.25, 0.3) is 0 Å². The Morgan fingerprint density at radius 3 is 2.43 bits per heavy atom. The molecular formula is C17H20N2O3S. The van der Waals surface area contributed by atoms with Crippen molar-refractivity contribution >= 4 is 26.7 Å². The molecule has 5 nitrogen and oxygen atoms in total. The van der Waals surface area contributed by atoms with Gasteiger partial charge in [-0.1, -0.05) is 30.3 Å². The highest BCUT2D eigenvalue weighted by Gasteiger charge is 2.27. The lowest BCUT2D eigenvalue weighted by Gasteiger charge is -2.21. The highest BCUT2D eigenvalue weighted by Crippen LogP contribution is 2.19. The first-order valence-electron chi connectivity index (χ1n) is 7.77. The number of nitrogens with one attached hydrogen (secondary N) is 1. The van der Waals surface area contributed by atoms with E-state index in [9.17, 15) is 13.2 Å². The van der Waals surface area contributed by atoms with E-state index in [0.29, 0.717) is 13.1 Å². The number of likely N-dealkylation sites (tertiary alicyclic amines) is 1. The fourth-order valence-corrected chi connectivity index (χ4v) is 4.13. The second kappa shape index (κ2) is 6.29. The monoisotopic (exact) mass is 332 g/mol. The number of amides is 1. The second-order valence-corrected chi connectivity index (χ2v) is 7.60. The van der Waals surface area contributed by atoms with Crippen LogP contribution in [-0.2, 0) is 14.8 Å². The molecule has 6 heteroatoms. The van der Waals surface area contributed by atoms with Crippen molar-refractivity contribution in [3.8, 4) is 0 Å². The Morgan fingerprint density at radius 1 is 1.09 bits per heavy atom. The largest absolute Gasteiger partial charge is 0.341 e. The molecule has 1 heterocycles. The molecule has 0 spiro atoms. The zero-order chi connectivity index (χ0) is 16.4. The second-order valence-electron chi connectivity index (χ2n) is 5.88. The Bertz CT molecular complexity index is 827. The first kappa shape index (κ1) is 16.0. The van der Waals surface area contributed by atoms with E-state index in [1.165, 1.54) is 0 Å². The van der Waals surface area contributed by atoms with Crippen LogP contribution in [0, 0.1) is 0 Å². The lowest BCUT2D eigenvalue weighted by atomic mass is 10.1. The first-order chi connectivity index (χ1) is 11.0. The van der Waals surface area contributed by atoms with Gasteiger partial charge in [-0.15, -0.1) is 0 Å². The topological polar surface area (TPSA) is 66.5 Å². The van der Waals surface area contributed by atoms with Crippen molar-refractivity contribution < 1.29 is 13.2 Å². The average molecular weight is 332 g/mol. The summed E-state index contributed by atoms with van der Waals surface area (Å²) >= 11 is 0. The normalized spacial score (nSPS) is 16.7. The van der Waals surface area contributed by atoms with Crippen LogP contribution in [0.3, 0.4) is 0 Å². The van der Waals surface area contributed by atoms with Gasteiger partial charge in [-0.3, -0.25) is 4.79 Å². The van der Waals surface area contributed by atoms with Crippen molar-refractivity contribution in [3.05, 3.63) is 42.5 Å². The number of sulfonamides is 1. The minimum Gasteiger partial charge on any atom is -0.341 e. The highest BCUT2D eigenvalue weighted by molar-refractivity contribution is 7.89. The molecule has 2 aromatic carbocycles. The molecule has 2 aromatic rings. The summed E-state index contributed by atoms with van der Waals surface area (Å²) in [5.41, 5.74) is 0. The van der Waals surface area contributed by atoms with Gasteiger partial charge >= 0.3 is 0 Å². The van der Waals surface area contributed by atoms with E-state index < -0.39 is 16.1 Å². The molecule has 1 N–H and O–H groups in total. The van der Waals surface area contributed by atoms with Crippen molar-refractivity contribution in [2.75, 3.05) is 13.1 Å². The number of carbonyl (C=O) groups is 1. The van der Waals surface area contributed by atoms with E-state index in [0.717, 1.165) is 23.6 Å². The molecule has 0 unspecified atom stereocenters. The maximum Gasteiger partial charge on any atom is 0.241 e. The Balaban J connectivity index is 1.80. The van der Waals surface area contributed by atoms with Gasteiger partial charge in [0.2, 0.25) is 15.9 Å². The van der Waals surface area contributed by atoms with Crippen LogP contribution >= 0.6 is 0 Å². The summed E-state index contributed by atoms with van der Waals surface area (Å²) in [6, 6.07) is 11.8. The molecule has 1 amide bonds. The van der Waals surface area contributed by atoms with Crippen molar-refractivity contribution in [2.45, 2.75) is 30.7 Å². The van der Waals surface area contributed by atoms with E-state index in [4.69, 9.17) is 0 Å². The number of benzene rings is 2. The highest BCUT2D eigenvalue weighted by atomic mass is 32.2. The zero-order valence-corrected chi connectivity index (χ0v) is 13.8. The third kappa shape index (κ3) is 3.38. The summed E-state index contributed by atoms with van der Waals surface area (Å²) in [6.07, 6.45) is 1.96. The van der Waals surface area contributed by atoms with Crippen LogP contribution in [0.5, 0.6) is 0 Å². The van der Waals surface area contributed by atoms with Crippen molar-refractivity contribution in [2.24, 2.45) is 0 Å². The van der Waals surface area contributed by atoms with E-state index >= 15 is 0 Å².